The van der Waals surface area contributed by atoms with Crippen molar-refractivity contribution in [3.63, 3.8) is 0 Å². The monoisotopic (exact) mass is 376 g/mol. The fourth-order valence-corrected chi connectivity index (χ4v) is 3.71. The summed E-state index contributed by atoms with van der Waals surface area (Å²) in [6.45, 7) is 2.04. The van der Waals surface area contributed by atoms with Gasteiger partial charge in [-0.05, 0) is 55.0 Å². The third-order valence-corrected chi connectivity index (χ3v) is 5.48. The van der Waals surface area contributed by atoms with Crippen molar-refractivity contribution in [3.05, 3.63) is 70.4 Å². The predicted molar refractivity (Wildman–Crippen MR) is 110 cm³/mol. The van der Waals surface area contributed by atoms with E-state index in [2.05, 4.69) is 10.6 Å². The van der Waals surface area contributed by atoms with Crippen LogP contribution in [0.5, 0.6) is 0 Å². The zero-order valence-electron chi connectivity index (χ0n) is 15.0. The lowest BCUT2D eigenvalue weighted by Crippen LogP contribution is -2.14. The summed E-state index contributed by atoms with van der Waals surface area (Å²) < 4.78 is 0. The second kappa shape index (κ2) is 7.37. The average molecular weight is 376 g/mol. The Balaban J connectivity index is 1.50. The Morgan fingerprint density at radius 3 is 2.37 bits per heavy atom. The molecule has 1 saturated carbocycles. The van der Waals surface area contributed by atoms with E-state index in [1.807, 2.05) is 60.8 Å². The van der Waals surface area contributed by atoms with Crippen LogP contribution in [0, 0.1) is 12.8 Å². The fourth-order valence-electron chi connectivity index (χ4n) is 2.90. The molecule has 27 heavy (non-hydrogen) atoms. The van der Waals surface area contributed by atoms with E-state index < -0.39 is 0 Å². The maximum Gasteiger partial charge on any atom is 0.266 e. The molecule has 0 aliphatic heterocycles. The van der Waals surface area contributed by atoms with Crippen molar-refractivity contribution in [1.82, 2.24) is 0 Å². The number of rotatable bonds is 5. The Hall–Kier alpha value is -2.92. The Morgan fingerprint density at radius 1 is 0.963 bits per heavy atom. The van der Waals surface area contributed by atoms with Crippen LogP contribution in [0.3, 0.4) is 0 Å². The molecule has 2 amide bonds. The van der Waals surface area contributed by atoms with Gasteiger partial charge in [-0.1, -0.05) is 35.9 Å². The van der Waals surface area contributed by atoms with Gasteiger partial charge in [0.1, 0.15) is 0 Å². The number of anilines is 2. The first-order valence-corrected chi connectivity index (χ1v) is 9.85. The van der Waals surface area contributed by atoms with E-state index >= 15 is 0 Å². The summed E-state index contributed by atoms with van der Waals surface area (Å²) in [6.07, 6.45) is 1.92. The Morgan fingerprint density at radius 2 is 1.67 bits per heavy atom. The van der Waals surface area contributed by atoms with Gasteiger partial charge in [-0.25, -0.2) is 0 Å². The highest BCUT2D eigenvalue weighted by Gasteiger charge is 2.29. The average Bonchev–Trinajstić information content (AvgIpc) is 3.40. The number of nitrogens with one attached hydrogen (secondary N) is 2. The van der Waals surface area contributed by atoms with E-state index in [4.69, 9.17) is 0 Å². The lowest BCUT2D eigenvalue weighted by Gasteiger charge is -2.09. The fraction of sp³-hybridized carbons (Fsp3) is 0.182. The van der Waals surface area contributed by atoms with Crippen LogP contribution in [0.4, 0.5) is 11.4 Å². The maximum absolute atomic E-state index is 12.8. The minimum absolute atomic E-state index is 0.0541. The van der Waals surface area contributed by atoms with Gasteiger partial charge in [0.25, 0.3) is 5.91 Å². The summed E-state index contributed by atoms with van der Waals surface area (Å²) in [5.74, 6) is 0.0519. The van der Waals surface area contributed by atoms with E-state index in [-0.39, 0.29) is 17.7 Å². The molecule has 4 rings (SSSR count). The first-order chi connectivity index (χ1) is 13.1. The molecule has 0 unspecified atom stereocenters. The third kappa shape index (κ3) is 4.09. The predicted octanol–water partition coefficient (Wildman–Crippen LogP) is 5.32. The highest BCUT2D eigenvalue weighted by Crippen LogP contribution is 2.31. The topological polar surface area (TPSA) is 58.2 Å². The van der Waals surface area contributed by atoms with Crippen molar-refractivity contribution in [2.45, 2.75) is 19.8 Å². The zero-order valence-corrected chi connectivity index (χ0v) is 15.8. The quantitative estimate of drug-likeness (QED) is 0.633. The SMILES string of the molecule is Cc1ccc(-c2ccsc2C(=O)Nc2cccc(NC(=O)C3CC3)c2)cc1. The van der Waals surface area contributed by atoms with E-state index in [0.717, 1.165) is 24.0 Å². The molecule has 2 aromatic carbocycles. The standard InChI is InChI=1S/C22H20N2O2S/c1-14-5-7-15(8-6-14)19-11-12-27-20(19)22(26)24-18-4-2-3-17(13-18)23-21(25)16-9-10-16/h2-8,11-13,16H,9-10H2,1H3,(H,23,25)(H,24,26). The summed E-state index contributed by atoms with van der Waals surface area (Å²) in [5, 5.41) is 7.78. The van der Waals surface area contributed by atoms with Crippen LogP contribution in [0.2, 0.25) is 0 Å². The van der Waals surface area contributed by atoms with E-state index in [1.165, 1.54) is 16.9 Å². The van der Waals surface area contributed by atoms with Gasteiger partial charge < -0.3 is 10.6 Å². The number of hydrogen-bond donors (Lipinski definition) is 2. The lowest BCUT2D eigenvalue weighted by molar-refractivity contribution is -0.117. The Labute approximate surface area is 162 Å². The Kier molecular flexibility index (Phi) is 4.77. The van der Waals surface area contributed by atoms with Crippen LogP contribution in [0.25, 0.3) is 11.1 Å². The van der Waals surface area contributed by atoms with Gasteiger partial charge in [-0.3, -0.25) is 9.59 Å². The summed E-state index contributed by atoms with van der Waals surface area (Å²) in [6, 6.07) is 17.4. The normalized spacial score (nSPS) is 13.2. The summed E-state index contributed by atoms with van der Waals surface area (Å²) in [4.78, 5) is 25.4. The maximum atomic E-state index is 12.8. The van der Waals surface area contributed by atoms with E-state index in [9.17, 15) is 9.59 Å². The molecule has 0 saturated heterocycles. The van der Waals surface area contributed by atoms with Crippen LogP contribution in [-0.2, 0) is 4.79 Å². The molecule has 5 heteroatoms. The van der Waals surface area contributed by atoms with Gasteiger partial charge in [-0.15, -0.1) is 11.3 Å². The molecule has 1 heterocycles. The second-order valence-electron chi connectivity index (χ2n) is 6.83. The number of carbonyl (C=O) groups is 2. The number of carbonyl (C=O) groups excluding carboxylic acids is 2. The number of thiophene rings is 1. The molecule has 1 aliphatic carbocycles. The molecule has 1 aromatic heterocycles. The molecule has 2 N–H and O–H groups in total. The molecule has 136 valence electrons. The second-order valence-corrected chi connectivity index (χ2v) is 7.74. The van der Waals surface area contributed by atoms with Crippen LogP contribution in [0.1, 0.15) is 28.1 Å². The largest absolute Gasteiger partial charge is 0.326 e. The van der Waals surface area contributed by atoms with E-state index in [0.29, 0.717) is 16.3 Å². The van der Waals surface area contributed by atoms with Gasteiger partial charge in [0, 0.05) is 22.9 Å². The number of aryl methyl sites for hydroxylation is 1. The van der Waals surface area contributed by atoms with Crippen molar-refractivity contribution in [2.24, 2.45) is 5.92 Å². The first kappa shape index (κ1) is 17.5. The third-order valence-electron chi connectivity index (χ3n) is 4.57. The van der Waals surface area contributed by atoms with Crippen LogP contribution in [-0.4, -0.2) is 11.8 Å². The molecule has 0 bridgehead atoms. The molecule has 1 fully saturated rings. The van der Waals surface area contributed by atoms with Gasteiger partial charge >= 0.3 is 0 Å². The molecule has 1 aliphatic rings. The molecule has 0 radical (unpaired) electrons. The number of hydrogen-bond acceptors (Lipinski definition) is 3. The molecular weight excluding hydrogens is 356 g/mol. The van der Waals surface area contributed by atoms with Crippen LogP contribution >= 0.6 is 11.3 Å². The highest BCUT2D eigenvalue weighted by molar-refractivity contribution is 7.12. The minimum Gasteiger partial charge on any atom is -0.326 e. The van der Waals surface area contributed by atoms with Crippen LogP contribution < -0.4 is 10.6 Å². The molecular formula is C22H20N2O2S. The summed E-state index contributed by atoms with van der Waals surface area (Å²) >= 11 is 1.42. The summed E-state index contributed by atoms with van der Waals surface area (Å²) in [7, 11) is 0. The first-order valence-electron chi connectivity index (χ1n) is 8.97. The van der Waals surface area contributed by atoms with Gasteiger partial charge in [0.05, 0.1) is 4.88 Å². The summed E-state index contributed by atoms with van der Waals surface area (Å²) in [5.41, 5.74) is 4.50. The number of benzene rings is 2. The Bertz CT molecular complexity index is 988. The van der Waals surface area contributed by atoms with Crippen molar-refractivity contribution in [2.75, 3.05) is 10.6 Å². The van der Waals surface area contributed by atoms with Crippen molar-refractivity contribution < 1.29 is 9.59 Å². The lowest BCUT2D eigenvalue weighted by atomic mass is 10.0. The smallest absolute Gasteiger partial charge is 0.266 e. The zero-order chi connectivity index (χ0) is 18.8. The van der Waals surface area contributed by atoms with E-state index in [1.54, 1.807) is 6.07 Å². The van der Waals surface area contributed by atoms with Crippen molar-refractivity contribution in [1.29, 1.82) is 0 Å². The van der Waals surface area contributed by atoms with Gasteiger partial charge in [0.15, 0.2) is 0 Å². The van der Waals surface area contributed by atoms with Crippen LogP contribution in [0.15, 0.2) is 60.0 Å². The molecule has 0 spiro atoms. The number of amides is 2. The van der Waals surface area contributed by atoms with Gasteiger partial charge in [0.2, 0.25) is 5.91 Å². The van der Waals surface area contributed by atoms with Crippen molar-refractivity contribution in [3.8, 4) is 11.1 Å². The molecule has 3 aromatic rings. The molecule has 4 nitrogen and oxygen atoms in total. The van der Waals surface area contributed by atoms with Gasteiger partial charge in [-0.2, -0.15) is 0 Å². The minimum atomic E-state index is -0.147. The molecule has 0 atom stereocenters. The highest BCUT2D eigenvalue weighted by atomic mass is 32.1. The van der Waals surface area contributed by atoms with Crippen molar-refractivity contribution >= 4 is 34.5 Å².